The van der Waals surface area contributed by atoms with Crippen molar-refractivity contribution < 1.29 is 4.39 Å². The lowest BCUT2D eigenvalue weighted by atomic mass is 9.87. The predicted molar refractivity (Wildman–Crippen MR) is 132 cm³/mol. The van der Waals surface area contributed by atoms with Gasteiger partial charge in [0.1, 0.15) is 5.82 Å². The third-order valence-corrected chi connectivity index (χ3v) is 8.14. The van der Waals surface area contributed by atoms with Gasteiger partial charge < -0.3 is 4.90 Å². The Labute approximate surface area is 195 Å². The largest absolute Gasteiger partial charge is 0.303 e. The molecule has 2 fully saturated rings. The molecule has 2 atom stereocenters. The van der Waals surface area contributed by atoms with E-state index in [1.54, 1.807) is 12.1 Å². The molecule has 0 radical (unpaired) electrons. The topological polar surface area (TPSA) is 6.48 Å². The Balaban J connectivity index is 1.21. The van der Waals surface area contributed by atoms with Gasteiger partial charge in [-0.1, -0.05) is 42.0 Å². The number of thiophene rings is 1. The fourth-order valence-corrected chi connectivity index (χ4v) is 6.33. The summed E-state index contributed by atoms with van der Waals surface area (Å²) in [6, 6.07) is 18.5. The van der Waals surface area contributed by atoms with Crippen LogP contribution in [0, 0.1) is 18.7 Å². The number of nitrogens with zero attached hydrogens (tertiary/aromatic N) is 2. The maximum atomic E-state index is 13.3. The van der Waals surface area contributed by atoms with E-state index in [0.717, 1.165) is 26.2 Å². The van der Waals surface area contributed by atoms with Gasteiger partial charge in [-0.05, 0) is 90.3 Å². The Morgan fingerprint density at radius 1 is 0.875 bits per heavy atom. The van der Waals surface area contributed by atoms with Gasteiger partial charge in [-0.2, -0.15) is 11.3 Å². The molecule has 0 N–H and O–H groups in total. The summed E-state index contributed by atoms with van der Waals surface area (Å²) in [7, 11) is 0. The van der Waals surface area contributed by atoms with E-state index in [9.17, 15) is 4.39 Å². The van der Waals surface area contributed by atoms with Crippen LogP contribution in [0.1, 0.15) is 46.9 Å². The summed E-state index contributed by atoms with van der Waals surface area (Å²) in [5.74, 6) is 1.74. The second-order valence-corrected chi connectivity index (χ2v) is 10.5. The molecule has 32 heavy (non-hydrogen) atoms. The highest BCUT2D eigenvalue weighted by Crippen LogP contribution is 2.36. The van der Waals surface area contributed by atoms with Crippen LogP contribution in [-0.2, 0) is 6.54 Å². The van der Waals surface area contributed by atoms with Crippen LogP contribution in [0.25, 0.3) is 0 Å². The molecule has 3 aromatic rings. The molecule has 2 nitrogen and oxygen atoms in total. The zero-order chi connectivity index (χ0) is 21.9. The third-order valence-electron chi connectivity index (χ3n) is 7.44. The van der Waals surface area contributed by atoms with Crippen LogP contribution >= 0.6 is 11.3 Å². The Morgan fingerprint density at radius 2 is 1.62 bits per heavy atom. The number of hydrogen-bond donors (Lipinski definition) is 0. The lowest BCUT2D eigenvalue weighted by Crippen LogP contribution is -2.38. The van der Waals surface area contributed by atoms with Crippen LogP contribution in [0.4, 0.5) is 4.39 Å². The number of piperidine rings is 1. The standard InChI is InChI=1S/C28H33FN2S/c1-21-2-4-22(5-3-21)16-31-18-26(28(19-31)25-12-15-32-20-25)17-30-13-10-24(11-14-30)23-6-8-27(29)9-7-23/h2-9,12,15,20,24,26,28H,10-11,13-14,16-19H2,1H3/t26-,28+/m0/s1. The minimum atomic E-state index is -0.137. The van der Waals surface area contributed by atoms with Crippen molar-refractivity contribution in [1.82, 2.24) is 9.80 Å². The van der Waals surface area contributed by atoms with Crippen LogP contribution in [0.15, 0.2) is 65.4 Å². The quantitative estimate of drug-likeness (QED) is 0.437. The number of benzene rings is 2. The fraction of sp³-hybridized carbons (Fsp3) is 0.429. The van der Waals surface area contributed by atoms with Gasteiger partial charge in [0, 0.05) is 32.1 Å². The van der Waals surface area contributed by atoms with E-state index in [-0.39, 0.29) is 5.82 Å². The van der Waals surface area contributed by atoms with E-state index in [4.69, 9.17) is 0 Å². The van der Waals surface area contributed by atoms with E-state index in [1.165, 1.54) is 48.2 Å². The maximum absolute atomic E-state index is 13.3. The highest BCUT2D eigenvalue weighted by atomic mass is 32.1. The first-order chi connectivity index (χ1) is 15.6. The number of hydrogen-bond acceptors (Lipinski definition) is 3. The summed E-state index contributed by atoms with van der Waals surface area (Å²) < 4.78 is 13.3. The Morgan fingerprint density at radius 3 is 2.31 bits per heavy atom. The van der Waals surface area contributed by atoms with E-state index < -0.39 is 0 Å². The summed E-state index contributed by atoms with van der Waals surface area (Å²) >= 11 is 1.82. The molecular formula is C28H33FN2S. The van der Waals surface area contributed by atoms with Crippen molar-refractivity contribution in [2.45, 2.75) is 38.1 Å². The van der Waals surface area contributed by atoms with Gasteiger partial charge in [-0.3, -0.25) is 4.90 Å². The average molecular weight is 449 g/mol. The van der Waals surface area contributed by atoms with Crippen LogP contribution in [0.2, 0.25) is 0 Å². The SMILES string of the molecule is Cc1ccc(CN2C[C@H](CN3CCC(c4ccc(F)cc4)CC3)[C@@H](c3ccsc3)C2)cc1. The van der Waals surface area contributed by atoms with Gasteiger partial charge in [0.15, 0.2) is 0 Å². The minimum absolute atomic E-state index is 0.137. The predicted octanol–water partition coefficient (Wildman–Crippen LogP) is 6.29. The molecule has 1 aromatic heterocycles. The van der Waals surface area contributed by atoms with Crippen LogP contribution in [-0.4, -0.2) is 42.5 Å². The first kappa shape index (κ1) is 21.8. The van der Waals surface area contributed by atoms with Crippen molar-refractivity contribution in [2.75, 3.05) is 32.7 Å². The first-order valence-electron chi connectivity index (χ1n) is 11.9. The van der Waals surface area contributed by atoms with Crippen molar-refractivity contribution in [1.29, 1.82) is 0 Å². The van der Waals surface area contributed by atoms with E-state index in [0.29, 0.717) is 17.8 Å². The molecule has 5 rings (SSSR count). The van der Waals surface area contributed by atoms with Crippen molar-refractivity contribution in [2.24, 2.45) is 5.92 Å². The first-order valence-corrected chi connectivity index (χ1v) is 12.9. The molecule has 2 aromatic carbocycles. The lowest BCUT2D eigenvalue weighted by molar-refractivity contribution is 0.177. The highest BCUT2D eigenvalue weighted by molar-refractivity contribution is 7.08. The van der Waals surface area contributed by atoms with Gasteiger partial charge >= 0.3 is 0 Å². The van der Waals surface area contributed by atoms with E-state index >= 15 is 0 Å². The summed E-state index contributed by atoms with van der Waals surface area (Å²) in [4.78, 5) is 5.34. The monoisotopic (exact) mass is 448 g/mol. The Bertz CT molecular complexity index is 975. The van der Waals surface area contributed by atoms with Gasteiger partial charge in [-0.15, -0.1) is 0 Å². The summed E-state index contributed by atoms with van der Waals surface area (Å²) in [5.41, 5.74) is 5.56. The molecule has 0 spiro atoms. The molecule has 2 aliphatic heterocycles. The summed E-state index contributed by atoms with van der Waals surface area (Å²) in [5, 5.41) is 4.58. The number of rotatable bonds is 6. The summed E-state index contributed by atoms with van der Waals surface area (Å²) in [6.07, 6.45) is 2.35. The number of likely N-dealkylation sites (tertiary alicyclic amines) is 2. The molecular weight excluding hydrogens is 415 g/mol. The molecule has 0 amide bonds. The molecule has 168 valence electrons. The fourth-order valence-electron chi connectivity index (χ4n) is 5.61. The van der Waals surface area contributed by atoms with Crippen LogP contribution in [0.5, 0.6) is 0 Å². The normalized spacial score (nSPS) is 23.1. The number of aryl methyl sites for hydroxylation is 1. The van der Waals surface area contributed by atoms with Crippen molar-refractivity contribution in [3.05, 3.63) is 93.4 Å². The second-order valence-electron chi connectivity index (χ2n) is 9.73. The van der Waals surface area contributed by atoms with E-state index in [1.807, 2.05) is 23.5 Å². The van der Waals surface area contributed by atoms with Gasteiger partial charge in [0.05, 0.1) is 0 Å². The molecule has 0 bridgehead atoms. The van der Waals surface area contributed by atoms with E-state index in [2.05, 4.69) is 57.8 Å². The molecule has 3 heterocycles. The van der Waals surface area contributed by atoms with Crippen molar-refractivity contribution in [3.63, 3.8) is 0 Å². The van der Waals surface area contributed by atoms with Crippen molar-refractivity contribution in [3.8, 4) is 0 Å². The Kier molecular flexibility index (Phi) is 6.72. The zero-order valence-electron chi connectivity index (χ0n) is 18.9. The van der Waals surface area contributed by atoms with Gasteiger partial charge in [-0.25, -0.2) is 4.39 Å². The summed E-state index contributed by atoms with van der Waals surface area (Å²) in [6.45, 7) is 9.00. The van der Waals surface area contributed by atoms with Crippen LogP contribution in [0.3, 0.4) is 0 Å². The van der Waals surface area contributed by atoms with Crippen LogP contribution < -0.4 is 0 Å². The molecule has 2 aliphatic rings. The molecule has 4 heteroatoms. The molecule has 2 saturated heterocycles. The second kappa shape index (κ2) is 9.86. The number of halogens is 1. The van der Waals surface area contributed by atoms with Gasteiger partial charge in [0.2, 0.25) is 0 Å². The molecule has 0 unspecified atom stereocenters. The zero-order valence-corrected chi connectivity index (χ0v) is 19.7. The molecule has 0 saturated carbocycles. The van der Waals surface area contributed by atoms with Gasteiger partial charge in [0.25, 0.3) is 0 Å². The Hall–Kier alpha value is -2.01. The average Bonchev–Trinajstić information content (AvgIpc) is 3.47. The highest BCUT2D eigenvalue weighted by Gasteiger charge is 2.35. The molecule has 0 aliphatic carbocycles. The lowest BCUT2D eigenvalue weighted by Gasteiger charge is -2.34. The smallest absolute Gasteiger partial charge is 0.123 e. The minimum Gasteiger partial charge on any atom is -0.303 e. The third kappa shape index (κ3) is 5.14. The van der Waals surface area contributed by atoms with Crippen molar-refractivity contribution >= 4 is 11.3 Å². The maximum Gasteiger partial charge on any atom is 0.123 e.